The number of nitrogens with zero attached hydrogens (tertiary/aromatic N) is 3. The molecule has 3 rings (SSSR count). The summed E-state index contributed by atoms with van der Waals surface area (Å²) in [4.78, 5) is 14.8. The monoisotopic (exact) mass is 334 g/mol. The van der Waals surface area contributed by atoms with Crippen LogP contribution in [0.1, 0.15) is 52.1 Å². The molecular formula is C18H30N4O2. The fourth-order valence-electron chi connectivity index (χ4n) is 3.69. The number of rotatable bonds is 3. The highest BCUT2D eigenvalue weighted by atomic mass is 16.5. The highest BCUT2D eigenvalue weighted by Crippen LogP contribution is 2.28. The standard InChI is InChI=1S/C18H30N4O2/c1-18(2,3)15-11-16(21(4)20-15)19-17(23)12-22-9-10-24-14-8-6-5-7-13(14)22/h11,13-14H,5-10,12H2,1-4H3,(H,19,23)/t13-,14-/m1/s1. The number of nitrogens with one attached hydrogen (secondary N) is 1. The van der Waals surface area contributed by atoms with Crippen LogP contribution >= 0.6 is 0 Å². The van der Waals surface area contributed by atoms with E-state index in [2.05, 4.69) is 36.1 Å². The second-order valence-electron chi connectivity index (χ2n) is 8.07. The van der Waals surface area contributed by atoms with Crippen LogP contribution in [0.15, 0.2) is 6.07 Å². The zero-order chi connectivity index (χ0) is 17.3. The number of aryl methyl sites for hydroxylation is 1. The Kier molecular flexibility index (Phi) is 4.97. The van der Waals surface area contributed by atoms with Gasteiger partial charge in [0.25, 0.3) is 0 Å². The Hall–Kier alpha value is -1.40. The minimum Gasteiger partial charge on any atom is -0.375 e. The molecule has 6 nitrogen and oxygen atoms in total. The van der Waals surface area contributed by atoms with Crippen molar-refractivity contribution >= 4 is 11.7 Å². The number of hydrogen-bond donors (Lipinski definition) is 1. The van der Waals surface area contributed by atoms with Crippen molar-refractivity contribution < 1.29 is 9.53 Å². The summed E-state index contributed by atoms with van der Waals surface area (Å²) in [5, 5.41) is 7.54. The average Bonchev–Trinajstić information content (AvgIpc) is 2.89. The fourth-order valence-corrected chi connectivity index (χ4v) is 3.69. The lowest BCUT2D eigenvalue weighted by Gasteiger charge is -2.43. The maximum atomic E-state index is 12.5. The van der Waals surface area contributed by atoms with Crippen LogP contribution in [0.25, 0.3) is 0 Å². The molecule has 2 heterocycles. The summed E-state index contributed by atoms with van der Waals surface area (Å²) in [5.74, 6) is 0.795. The molecule has 0 spiro atoms. The van der Waals surface area contributed by atoms with Crippen LogP contribution in [0.4, 0.5) is 5.82 Å². The molecule has 2 atom stereocenters. The van der Waals surface area contributed by atoms with Crippen LogP contribution in [0.5, 0.6) is 0 Å². The predicted octanol–water partition coefficient (Wildman–Crippen LogP) is 2.30. The van der Waals surface area contributed by atoms with Crippen LogP contribution in [0, 0.1) is 0 Å². The third-order valence-corrected chi connectivity index (χ3v) is 5.11. The summed E-state index contributed by atoms with van der Waals surface area (Å²) in [6.45, 7) is 8.37. The summed E-state index contributed by atoms with van der Waals surface area (Å²) in [6, 6.07) is 2.37. The van der Waals surface area contributed by atoms with Crippen molar-refractivity contribution in [2.24, 2.45) is 7.05 Å². The maximum absolute atomic E-state index is 12.5. The van der Waals surface area contributed by atoms with Crippen molar-refractivity contribution in [3.8, 4) is 0 Å². The molecule has 1 N–H and O–H groups in total. The maximum Gasteiger partial charge on any atom is 0.239 e. The Bertz CT molecular complexity index is 588. The molecule has 1 saturated carbocycles. The normalized spacial score (nSPS) is 25.3. The smallest absolute Gasteiger partial charge is 0.239 e. The molecule has 134 valence electrons. The third-order valence-electron chi connectivity index (χ3n) is 5.11. The van der Waals surface area contributed by atoms with E-state index in [1.807, 2.05) is 13.1 Å². The quantitative estimate of drug-likeness (QED) is 0.921. The topological polar surface area (TPSA) is 59.4 Å². The van der Waals surface area contributed by atoms with E-state index in [-0.39, 0.29) is 11.3 Å². The van der Waals surface area contributed by atoms with Crippen molar-refractivity contribution in [2.75, 3.05) is 25.0 Å². The summed E-state index contributed by atoms with van der Waals surface area (Å²) < 4.78 is 7.64. The summed E-state index contributed by atoms with van der Waals surface area (Å²) in [5.41, 5.74) is 0.958. The van der Waals surface area contributed by atoms with E-state index in [0.717, 1.165) is 37.5 Å². The molecule has 0 aromatic carbocycles. The molecule has 24 heavy (non-hydrogen) atoms. The third kappa shape index (κ3) is 3.81. The first kappa shape index (κ1) is 17.4. The van der Waals surface area contributed by atoms with E-state index < -0.39 is 0 Å². The number of hydrogen-bond acceptors (Lipinski definition) is 4. The molecule has 0 bridgehead atoms. The Morgan fingerprint density at radius 3 is 2.83 bits per heavy atom. The number of fused-ring (bicyclic) bond motifs is 1. The molecule has 1 amide bonds. The molecule has 1 saturated heterocycles. The number of morpholine rings is 1. The van der Waals surface area contributed by atoms with Crippen molar-refractivity contribution in [1.29, 1.82) is 0 Å². The van der Waals surface area contributed by atoms with Gasteiger partial charge in [0.1, 0.15) is 5.82 Å². The molecule has 6 heteroatoms. The van der Waals surface area contributed by atoms with Crippen LogP contribution in [0.3, 0.4) is 0 Å². The summed E-state index contributed by atoms with van der Waals surface area (Å²) >= 11 is 0. The first-order chi connectivity index (χ1) is 11.3. The van der Waals surface area contributed by atoms with Gasteiger partial charge in [0.05, 0.1) is 24.9 Å². The lowest BCUT2D eigenvalue weighted by atomic mass is 9.90. The number of amides is 1. The van der Waals surface area contributed by atoms with Crippen molar-refractivity contribution in [3.63, 3.8) is 0 Å². The lowest BCUT2D eigenvalue weighted by molar-refractivity contribution is -0.124. The van der Waals surface area contributed by atoms with Crippen LogP contribution in [-0.4, -0.2) is 52.4 Å². The Morgan fingerprint density at radius 2 is 2.12 bits per heavy atom. The van der Waals surface area contributed by atoms with Crippen molar-refractivity contribution in [2.45, 2.75) is 64.0 Å². The highest BCUT2D eigenvalue weighted by Gasteiger charge is 2.35. The lowest BCUT2D eigenvalue weighted by Crippen LogP contribution is -2.54. The molecule has 2 aliphatic rings. The van der Waals surface area contributed by atoms with E-state index in [9.17, 15) is 4.79 Å². The second kappa shape index (κ2) is 6.84. The average molecular weight is 334 g/mol. The molecule has 1 aromatic rings. The van der Waals surface area contributed by atoms with Crippen LogP contribution in [-0.2, 0) is 22.0 Å². The van der Waals surface area contributed by atoms with Crippen LogP contribution < -0.4 is 5.32 Å². The zero-order valence-corrected chi connectivity index (χ0v) is 15.3. The van der Waals surface area contributed by atoms with E-state index >= 15 is 0 Å². The Balaban J connectivity index is 1.62. The molecule has 0 unspecified atom stereocenters. The number of carbonyl (C=O) groups is 1. The van der Waals surface area contributed by atoms with Gasteiger partial charge in [-0.05, 0) is 12.8 Å². The van der Waals surface area contributed by atoms with E-state index in [0.29, 0.717) is 18.7 Å². The van der Waals surface area contributed by atoms with Gasteiger partial charge in [-0.2, -0.15) is 5.10 Å². The van der Waals surface area contributed by atoms with E-state index in [1.165, 1.54) is 12.8 Å². The molecular weight excluding hydrogens is 304 g/mol. The van der Waals surface area contributed by atoms with Gasteiger partial charge in [0.15, 0.2) is 0 Å². The first-order valence-electron chi connectivity index (χ1n) is 9.04. The van der Waals surface area contributed by atoms with E-state index in [4.69, 9.17) is 4.74 Å². The fraction of sp³-hybridized carbons (Fsp3) is 0.778. The number of anilines is 1. The summed E-state index contributed by atoms with van der Waals surface area (Å²) in [6.07, 6.45) is 5.05. The van der Waals surface area contributed by atoms with Gasteiger partial charge in [0.2, 0.25) is 5.91 Å². The predicted molar refractivity (Wildman–Crippen MR) is 94.1 cm³/mol. The van der Waals surface area contributed by atoms with Gasteiger partial charge in [-0.1, -0.05) is 33.6 Å². The van der Waals surface area contributed by atoms with Gasteiger partial charge in [0, 0.05) is 31.1 Å². The number of aromatic nitrogens is 2. The Morgan fingerprint density at radius 1 is 1.38 bits per heavy atom. The zero-order valence-electron chi connectivity index (χ0n) is 15.3. The minimum absolute atomic E-state index is 0.0275. The minimum atomic E-state index is -0.0275. The van der Waals surface area contributed by atoms with E-state index in [1.54, 1.807) is 4.68 Å². The van der Waals surface area contributed by atoms with Crippen molar-refractivity contribution in [1.82, 2.24) is 14.7 Å². The highest BCUT2D eigenvalue weighted by molar-refractivity contribution is 5.91. The van der Waals surface area contributed by atoms with Gasteiger partial charge < -0.3 is 10.1 Å². The van der Waals surface area contributed by atoms with Gasteiger partial charge in [-0.15, -0.1) is 0 Å². The molecule has 1 aliphatic carbocycles. The van der Waals surface area contributed by atoms with Gasteiger partial charge in [-0.25, -0.2) is 0 Å². The SMILES string of the molecule is Cn1nc(C(C)(C)C)cc1NC(=O)CN1CCO[C@@H]2CCCC[C@H]21. The summed E-state index contributed by atoms with van der Waals surface area (Å²) in [7, 11) is 1.87. The van der Waals surface area contributed by atoms with Crippen LogP contribution in [0.2, 0.25) is 0 Å². The Labute approximate surface area is 144 Å². The second-order valence-corrected chi connectivity index (χ2v) is 8.07. The van der Waals surface area contributed by atoms with Gasteiger partial charge >= 0.3 is 0 Å². The molecule has 1 aromatic heterocycles. The molecule has 0 radical (unpaired) electrons. The first-order valence-corrected chi connectivity index (χ1v) is 9.04. The van der Waals surface area contributed by atoms with Gasteiger partial charge in [-0.3, -0.25) is 14.4 Å². The largest absolute Gasteiger partial charge is 0.375 e. The number of ether oxygens (including phenoxy) is 1. The van der Waals surface area contributed by atoms with Crippen molar-refractivity contribution in [3.05, 3.63) is 11.8 Å². The molecule has 1 aliphatic heterocycles. The number of carbonyl (C=O) groups excluding carboxylic acids is 1. The molecule has 2 fully saturated rings.